The first-order chi connectivity index (χ1) is 13.9. The Morgan fingerprint density at radius 1 is 1.07 bits per heavy atom. The van der Waals surface area contributed by atoms with Crippen molar-refractivity contribution in [2.75, 3.05) is 11.9 Å². The number of anilines is 2. The average Bonchev–Trinajstić information content (AvgIpc) is 2.71. The normalized spacial score (nSPS) is 13.1. The smallest absolute Gasteiger partial charge is 0.294 e. The summed E-state index contributed by atoms with van der Waals surface area (Å²) < 4.78 is 0. The lowest BCUT2D eigenvalue weighted by atomic mass is 9.92. The van der Waals surface area contributed by atoms with E-state index in [1.807, 2.05) is 6.92 Å². The number of carbonyl (C=O) groups is 2. The van der Waals surface area contributed by atoms with E-state index in [1.54, 1.807) is 42.5 Å². The van der Waals surface area contributed by atoms with E-state index in [2.05, 4.69) is 5.32 Å². The summed E-state index contributed by atoms with van der Waals surface area (Å²) in [5.41, 5.74) is 1.11. The third-order valence-corrected chi connectivity index (χ3v) is 5.10. The van der Waals surface area contributed by atoms with E-state index in [0.717, 1.165) is 4.90 Å². The van der Waals surface area contributed by atoms with Gasteiger partial charge in [0, 0.05) is 39.7 Å². The number of imide groups is 1. The quantitative estimate of drug-likeness (QED) is 0.357. The van der Waals surface area contributed by atoms with Crippen LogP contribution < -0.4 is 5.32 Å². The molecule has 3 aromatic carbocycles. The van der Waals surface area contributed by atoms with Gasteiger partial charge in [0.15, 0.2) is 0 Å². The van der Waals surface area contributed by atoms with Gasteiger partial charge >= 0.3 is 0 Å². The van der Waals surface area contributed by atoms with Crippen molar-refractivity contribution in [2.24, 2.45) is 0 Å². The summed E-state index contributed by atoms with van der Waals surface area (Å²) >= 11 is 5.92. The van der Waals surface area contributed by atoms with Gasteiger partial charge in [-0.15, -0.1) is 0 Å². The number of nitro groups is 1. The number of nitro benzene ring substituents is 1. The zero-order valence-corrected chi connectivity index (χ0v) is 16.2. The van der Waals surface area contributed by atoms with Crippen molar-refractivity contribution in [2.45, 2.75) is 13.3 Å². The predicted molar refractivity (Wildman–Crippen MR) is 111 cm³/mol. The number of nitrogens with zero attached hydrogens (tertiary/aromatic N) is 2. The van der Waals surface area contributed by atoms with Crippen LogP contribution in [0.5, 0.6) is 0 Å². The molecule has 2 amide bonds. The van der Waals surface area contributed by atoms with Gasteiger partial charge in [0.05, 0.1) is 10.5 Å². The molecule has 0 radical (unpaired) electrons. The van der Waals surface area contributed by atoms with E-state index < -0.39 is 10.8 Å². The first kappa shape index (κ1) is 18.9. The van der Waals surface area contributed by atoms with Crippen LogP contribution in [0.2, 0.25) is 5.02 Å². The maximum Gasteiger partial charge on any atom is 0.294 e. The molecule has 8 heteroatoms. The Hall–Kier alpha value is -3.45. The Morgan fingerprint density at radius 3 is 2.41 bits per heavy atom. The van der Waals surface area contributed by atoms with Gasteiger partial charge in [-0.05, 0) is 36.8 Å². The molecule has 3 aromatic rings. The highest BCUT2D eigenvalue weighted by Gasteiger charge is 2.35. The Balaban J connectivity index is 1.98. The molecule has 0 unspecified atom stereocenters. The zero-order valence-electron chi connectivity index (χ0n) is 15.4. The van der Waals surface area contributed by atoms with E-state index in [1.165, 1.54) is 6.07 Å². The Labute approximate surface area is 171 Å². The largest absolute Gasteiger partial charge is 0.349 e. The number of benzene rings is 3. The van der Waals surface area contributed by atoms with E-state index in [-0.39, 0.29) is 29.4 Å². The number of nitrogens with one attached hydrogen (secondary N) is 1. The number of rotatable bonds is 5. The lowest BCUT2D eigenvalue weighted by Crippen LogP contribution is -2.40. The molecular formula is C21H16ClN3O4. The van der Waals surface area contributed by atoms with Crippen molar-refractivity contribution in [1.82, 2.24) is 4.90 Å². The highest BCUT2D eigenvalue weighted by molar-refractivity contribution is 6.30. The van der Waals surface area contributed by atoms with Crippen molar-refractivity contribution in [3.05, 3.63) is 74.8 Å². The van der Waals surface area contributed by atoms with Crippen LogP contribution in [0.3, 0.4) is 0 Å². The second-order valence-corrected chi connectivity index (χ2v) is 7.13. The standard InChI is InChI=1S/C21H16ClN3O4/c1-2-10-24-20(26)15-5-3-4-14-18(15)16(21(24)27)11-17(25(28)29)19(14)23-13-8-6-12(22)7-9-13/h3-9,11,23H,2,10H2,1H3. The highest BCUT2D eigenvalue weighted by Crippen LogP contribution is 2.41. The lowest BCUT2D eigenvalue weighted by molar-refractivity contribution is -0.383. The third-order valence-electron chi connectivity index (χ3n) is 4.85. The van der Waals surface area contributed by atoms with Crippen molar-refractivity contribution in [3.63, 3.8) is 0 Å². The van der Waals surface area contributed by atoms with Crippen LogP contribution >= 0.6 is 11.6 Å². The minimum absolute atomic E-state index is 0.164. The summed E-state index contributed by atoms with van der Waals surface area (Å²) in [7, 11) is 0. The fourth-order valence-corrected chi connectivity index (χ4v) is 3.71. The monoisotopic (exact) mass is 409 g/mol. The molecular weight excluding hydrogens is 394 g/mol. The minimum atomic E-state index is -0.533. The third kappa shape index (κ3) is 3.09. The SMILES string of the molecule is CCCN1C(=O)c2cccc3c(Nc4ccc(Cl)cc4)c([N+](=O)[O-])cc(c23)C1=O. The summed E-state index contributed by atoms with van der Waals surface area (Å²) in [6.45, 7) is 2.12. The molecule has 1 N–H and O–H groups in total. The molecule has 1 heterocycles. The molecule has 0 fully saturated rings. The zero-order chi connectivity index (χ0) is 20.7. The molecule has 0 aliphatic carbocycles. The molecule has 0 aromatic heterocycles. The molecule has 0 spiro atoms. The number of halogens is 1. The van der Waals surface area contributed by atoms with Crippen molar-refractivity contribution >= 4 is 51.2 Å². The molecule has 1 aliphatic heterocycles. The first-order valence-corrected chi connectivity index (χ1v) is 9.43. The molecule has 4 rings (SSSR count). The maximum atomic E-state index is 12.9. The minimum Gasteiger partial charge on any atom is -0.349 e. The van der Waals surface area contributed by atoms with Crippen LogP contribution in [0.4, 0.5) is 17.1 Å². The number of hydrogen-bond donors (Lipinski definition) is 1. The summed E-state index contributed by atoms with van der Waals surface area (Å²) in [5, 5.41) is 16.3. The van der Waals surface area contributed by atoms with Gasteiger partial charge in [-0.3, -0.25) is 24.6 Å². The van der Waals surface area contributed by atoms with Crippen LogP contribution in [0, 0.1) is 10.1 Å². The van der Waals surface area contributed by atoms with Crippen LogP contribution in [0.1, 0.15) is 34.1 Å². The van der Waals surface area contributed by atoms with Crippen molar-refractivity contribution in [3.8, 4) is 0 Å². The Kier molecular flexibility index (Phi) is 4.68. The van der Waals surface area contributed by atoms with Gasteiger partial charge in [0.2, 0.25) is 0 Å². The molecule has 0 saturated carbocycles. The molecule has 29 heavy (non-hydrogen) atoms. The Bertz CT molecular complexity index is 1170. The highest BCUT2D eigenvalue weighted by atomic mass is 35.5. The van der Waals surface area contributed by atoms with Crippen molar-refractivity contribution < 1.29 is 14.5 Å². The first-order valence-electron chi connectivity index (χ1n) is 9.05. The molecule has 1 aliphatic rings. The lowest BCUT2D eigenvalue weighted by Gasteiger charge is -2.27. The van der Waals surface area contributed by atoms with Gasteiger partial charge in [-0.2, -0.15) is 0 Å². The van der Waals surface area contributed by atoms with Crippen LogP contribution in [0.25, 0.3) is 10.8 Å². The Morgan fingerprint density at radius 2 is 1.76 bits per heavy atom. The predicted octanol–water partition coefficient (Wildman–Crippen LogP) is 5.15. The van der Waals surface area contributed by atoms with Crippen LogP contribution in [0.15, 0.2) is 48.5 Å². The summed E-state index contributed by atoms with van der Waals surface area (Å²) in [4.78, 5) is 38.2. The van der Waals surface area contributed by atoms with Gasteiger partial charge in [0.25, 0.3) is 17.5 Å². The fourth-order valence-electron chi connectivity index (χ4n) is 3.58. The molecule has 0 saturated heterocycles. The van der Waals surface area contributed by atoms with Crippen LogP contribution in [-0.2, 0) is 0 Å². The molecule has 7 nitrogen and oxygen atoms in total. The molecule has 146 valence electrons. The fraction of sp³-hybridized carbons (Fsp3) is 0.143. The second kappa shape index (κ2) is 7.18. The average molecular weight is 410 g/mol. The molecule has 0 bridgehead atoms. The van der Waals surface area contributed by atoms with Crippen molar-refractivity contribution in [1.29, 1.82) is 0 Å². The number of hydrogen-bond acceptors (Lipinski definition) is 5. The van der Waals surface area contributed by atoms with Gasteiger partial charge < -0.3 is 5.32 Å². The topological polar surface area (TPSA) is 92.6 Å². The van der Waals surface area contributed by atoms with E-state index in [0.29, 0.717) is 33.5 Å². The van der Waals surface area contributed by atoms with Gasteiger partial charge in [-0.25, -0.2) is 0 Å². The number of amides is 2. The summed E-state index contributed by atoms with van der Waals surface area (Å²) in [5.74, 6) is -0.900. The van der Waals surface area contributed by atoms with Crippen LogP contribution in [-0.4, -0.2) is 28.2 Å². The van der Waals surface area contributed by atoms with Gasteiger partial charge in [-0.1, -0.05) is 30.7 Å². The maximum absolute atomic E-state index is 12.9. The van der Waals surface area contributed by atoms with E-state index in [4.69, 9.17) is 11.6 Å². The van der Waals surface area contributed by atoms with E-state index in [9.17, 15) is 19.7 Å². The number of carbonyl (C=O) groups excluding carboxylic acids is 2. The summed E-state index contributed by atoms with van der Waals surface area (Å²) in [6.07, 6.45) is 0.598. The summed E-state index contributed by atoms with van der Waals surface area (Å²) in [6, 6.07) is 12.9. The molecule has 0 atom stereocenters. The van der Waals surface area contributed by atoms with E-state index >= 15 is 0 Å². The second-order valence-electron chi connectivity index (χ2n) is 6.70. The van der Waals surface area contributed by atoms with Gasteiger partial charge in [0.1, 0.15) is 5.69 Å².